The fourth-order valence-electron chi connectivity index (χ4n) is 3.48. The number of hydrogen-bond donors (Lipinski definition) is 2. The molecule has 2 N–H and O–H groups in total. The van der Waals surface area contributed by atoms with Gasteiger partial charge in [0.1, 0.15) is 16.4 Å². The number of ether oxygens (including phenoxy) is 2. The van der Waals surface area contributed by atoms with Gasteiger partial charge < -0.3 is 14.8 Å². The van der Waals surface area contributed by atoms with Crippen molar-refractivity contribution in [2.24, 2.45) is 0 Å². The molecule has 37 heavy (non-hydrogen) atoms. The van der Waals surface area contributed by atoms with Crippen LogP contribution in [0.1, 0.15) is 12.5 Å². The van der Waals surface area contributed by atoms with Crippen LogP contribution in [-0.2, 0) is 14.4 Å². The number of hydrazine groups is 1. The van der Waals surface area contributed by atoms with Crippen molar-refractivity contribution in [1.29, 1.82) is 0 Å². The molecule has 0 radical (unpaired) electrons. The highest BCUT2D eigenvalue weighted by atomic mass is 79.9. The Bertz CT molecular complexity index is 1400. The summed E-state index contributed by atoms with van der Waals surface area (Å²) in [6.45, 7) is 1.57. The molecule has 0 unspecified atom stereocenters. The molecule has 0 spiro atoms. The van der Waals surface area contributed by atoms with E-state index >= 15 is 0 Å². The molecule has 8 nitrogen and oxygen atoms in total. The predicted molar refractivity (Wildman–Crippen MR) is 141 cm³/mol. The summed E-state index contributed by atoms with van der Waals surface area (Å²) in [6.07, 6.45) is 1.39. The fourth-order valence-corrected chi connectivity index (χ4v) is 4.15. The topological polar surface area (TPSA) is 97.0 Å². The van der Waals surface area contributed by atoms with Gasteiger partial charge in [-0.2, -0.15) is 0 Å². The van der Waals surface area contributed by atoms with Crippen molar-refractivity contribution < 1.29 is 28.2 Å². The van der Waals surface area contributed by atoms with E-state index in [9.17, 15) is 18.8 Å². The molecule has 1 saturated heterocycles. The van der Waals surface area contributed by atoms with Crippen molar-refractivity contribution in [2.75, 3.05) is 23.5 Å². The number of carbonyl (C=O) groups excluding carboxylic acids is 3. The lowest BCUT2D eigenvalue weighted by Gasteiger charge is -2.16. The molecule has 1 fully saturated rings. The van der Waals surface area contributed by atoms with Gasteiger partial charge in [-0.25, -0.2) is 9.40 Å². The number of nitrogens with one attached hydrogen (secondary N) is 2. The summed E-state index contributed by atoms with van der Waals surface area (Å²) in [6, 6.07) is 15.7. The molecule has 0 bridgehead atoms. The zero-order chi connectivity index (χ0) is 26.5. The highest BCUT2D eigenvalue weighted by molar-refractivity contribution is 9.10. The third-order valence-electron chi connectivity index (χ3n) is 5.12. The number of amides is 3. The van der Waals surface area contributed by atoms with E-state index in [4.69, 9.17) is 21.1 Å². The van der Waals surface area contributed by atoms with Crippen molar-refractivity contribution in [3.8, 4) is 11.5 Å². The van der Waals surface area contributed by atoms with E-state index in [1.807, 2.05) is 0 Å². The number of hydrogen-bond acceptors (Lipinski definition) is 5. The van der Waals surface area contributed by atoms with Crippen LogP contribution in [0, 0.1) is 5.82 Å². The van der Waals surface area contributed by atoms with E-state index in [0.29, 0.717) is 15.7 Å². The third-order valence-corrected chi connectivity index (χ3v) is 6.56. The highest BCUT2D eigenvalue weighted by Crippen LogP contribution is 2.43. The van der Waals surface area contributed by atoms with Crippen LogP contribution in [0.5, 0.6) is 11.5 Å². The normalized spacial score (nSPS) is 14.1. The number of nitrogens with zero attached hydrogens (tertiary/aromatic N) is 1. The number of rotatable bonds is 8. The average molecular weight is 589 g/mol. The van der Waals surface area contributed by atoms with Crippen LogP contribution in [0.2, 0.25) is 5.02 Å². The summed E-state index contributed by atoms with van der Waals surface area (Å²) in [7, 11) is 0. The van der Waals surface area contributed by atoms with E-state index in [2.05, 4.69) is 26.7 Å². The molecule has 3 aromatic rings. The first-order valence-corrected chi connectivity index (χ1v) is 12.2. The maximum Gasteiger partial charge on any atom is 0.282 e. The van der Waals surface area contributed by atoms with Crippen LogP contribution >= 0.6 is 27.5 Å². The van der Waals surface area contributed by atoms with Crippen LogP contribution in [0.4, 0.5) is 15.8 Å². The summed E-state index contributed by atoms with van der Waals surface area (Å²) in [4.78, 5) is 37.9. The van der Waals surface area contributed by atoms with Crippen LogP contribution < -0.4 is 25.2 Å². The van der Waals surface area contributed by atoms with Crippen molar-refractivity contribution in [2.45, 2.75) is 6.92 Å². The molecule has 1 aliphatic heterocycles. The molecule has 4 rings (SSSR count). The molecule has 0 aromatic heterocycles. The molecule has 1 aliphatic rings. The molecule has 3 aromatic carbocycles. The Balaban J connectivity index is 1.58. The van der Waals surface area contributed by atoms with Gasteiger partial charge in [-0.05, 0) is 70.9 Å². The Morgan fingerprint density at radius 3 is 2.59 bits per heavy atom. The van der Waals surface area contributed by atoms with E-state index in [1.54, 1.807) is 37.3 Å². The van der Waals surface area contributed by atoms with Crippen LogP contribution in [0.15, 0.2) is 70.7 Å². The smallest absolute Gasteiger partial charge is 0.282 e. The second-order valence-corrected chi connectivity index (χ2v) is 8.85. The zero-order valence-electron chi connectivity index (χ0n) is 19.4. The predicted octanol–water partition coefficient (Wildman–Crippen LogP) is 5.12. The first-order chi connectivity index (χ1) is 17.8. The highest BCUT2D eigenvalue weighted by Gasteiger charge is 2.34. The molecule has 3 amide bonds. The number of halogens is 3. The van der Waals surface area contributed by atoms with Crippen LogP contribution in [-0.4, -0.2) is 30.9 Å². The summed E-state index contributed by atoms with van der Waals surface area (Å²) in [5.41, 5.74) is 3.60. The van der Waals surface area contributed by atoms with E-state index in [-0.39, 0.29) is 34.4 Å². The van der Waals surface area contributed by atoms with Crippen LogP contribution in [0.25, 0.3) is 6.08 Å². The van der Waals surface area contributed by atoms with Crippen molar-refractivity contribution >= 4 is 62.7 Å². The van der Waals surface area contributed by atoms with Crippen molar-refractivity contribution in [3.05, 3.63) is 87.1 Å². The number of carbonyl (C=O) groups is 3. The SMILES string of the molecule is CCOc1cc(/C=C2/C(=O)NN(c3ccccc3)C2=O)c(Br)c(Cl)c1OCC(=O)Nc1cccc(F)c1. The Hall–Kier alpha value is -3.89. The van der Waals surface area contributed by atoms with Gasteiger partial charge in [0.25, 0.3) is 17.7 Å². The first kappa shape index (κ1) is 26.2. The summed E-state index contributed by atoms with van der Waals surface area (Å²) in [5.74, 6) is -1.86. The summed E-state index contributed by atoms with van der Waals surface area (Å²) < 4.78 is 25.0. The largest absolute Gasteiger partial charge is 0.490 e. The van der Waals surface area contributed by atoms with Gasteiger partial charge in [-0.1, -0.05) is 35.9 Å². The minimum Gasteiger partial charge on any atom is -0.490 e. The van der Waals surface area contributed by atoms with Crippen LogP contribution in [0.3, 0.4) is 0 Å². The number of para-hydroxylation sites is 1. The Kier molecular flexibility index (Phi) is 8.10. The van der Waals surface area contributed by atoms with Gasteiger partial charge in [0.2, 0.25) is 0 Å². The molecule has 0 aliphatic carbocycles. The minimum atomic E-state index is -0.579. The van der Waals surface area contributed by atoms with E-state index < -0.39 is 30.1 Å². The van der Waals surface area contributed by atoms with Gasteiger partial charge in [0.05, 0.1) is 12.3 Å². The van der Waals surface area contributed by atoms with Gasteiger partial charge >= 0.3 is 0 Å². The first-order valence-electron chi connectivity index (χ1n) is 11.0. The zero-order valence-corrected chi connectivity index (χ0v) is 21.7. The number of benzene rings is 3. The Labute approximate surface area is 225 Å². The van der Waals surface area contributed by atoms with Gasteiger partial charge in [-0.3, -0.25) is 19.8 Å². The van der Waals surface area contributed by atoms with Crippen molar-refractivity contribution in [1.82, 2.24) is 5.43 Å². The minimum absolute atomic E-state index is 0.0714. The fraction of sp³-hybridized carbons (Fsp3) is 0.115. The molecule has 0 saturated carbocycles. The average Bonchev–Trinajstić information content (AvgIpc) is 3.16. The summed E-state index contributed by atoms with van der Waals surface area (Å²) >= 11 is 9.91. The van der Waals surface area contributed by atoms with E-state index in [0.717, 1.165) is 5.01 Å². The lowest BCUT2D eigenvalue weighted by atomic mass is 10.1. The van der Waals surface area contributed by atoms with Gasteiger partial charge in [0.15, 0.2) is 18.1 Å². The maximum absolute atomic E-state index is 13.4. The second-order valence-electron chi connectivity index (χ2n) is 7.68. The molecule has 190 valence electrons. The molecular weight excluding hydrogens is 569 g/mol. The standard InChI is InChI=1S/C26H20BrClFN3O5/c1-2-36-20-12-15(11-19-25(34)31-32(26(19)35)18-9-4-3-5-10-18)22(27)23(28)24(20)37-14-21(33)30-17-8-6-7-16(29)13-17/h3-13H,2,14H2,1H3,(H,30,33)(H,31,34)/b19-11-. The van der Waals surface area contributed by atoms with Gasteiger partial charge in [0, 0.05) is 10.2 Å². The van der Waals surface area contributed by atoms with Crippen molar-refractivity contribution in [3.63, 3.8) is 0 Å². The Morgan fingerprint density at radius 2 is 1.89 bits per heavy atom. The number of anilines is 2. The molecule has 1 heterocycles. The molecular formula is C26H20BrClFN3O5. The maximum atomic E-state index is 13.4. The van der Waals surface area contributed by atoms with Gasteiger partial charge in [-0.15, -0.1) is 0 Å². The lowest BCUT2D eigenvalue weighted by molar-refractivity contribution is -0.118. The third kappa shape index (κ3) is 5.92. The van der Waals surface area contributed by atoms with E-state index in [1.165, 1.54) is 36.4 Å². The second kappa shape index (κ2) is 11.4. The molecule has 0 atom stereocenters. The quantitative estimate of drug-likeness (QED) is 0.281. The Morgan fingerprint density at radius 1 is 1.14 bits per heavy atom. The summed E-state index contributed by atoms with van der Waals surface area (Å²) in [5, 5.41) is 3.76. The monoisotopic (exact) mass is 587 g/mol. The molecule has 11 heteroatoms. The lowest BCUT2D eigenvalue weighted by Crippen LogP contribution is -2.35.